The molecular formula is C12H16N2O8S2. The summed E-state index contributed by atoms with van der Waals surface area (Å²) in [7, 11) is 1.87. The van der Waals surface area contributed by atoms with E-state index in [1.807, 2.05) is 10.6 Å². The molecule has 0 spiro atoms. The van der Waals surface area contributed by atoms with E-state index in [9.17, 15) is 28.8 Å². The first-order valence-electron chi connectivity index (χ1n) is 6.39. The quantitative estimate of drug-likeness (QED) is 0.192. The Labute approximate surface area is 144 Å². The normalized spacial score (nSPS) is 12.6. The number of nitrogens with one attached hydrogen (secondary N) is 2. The monoisotopic (exact) mass is 380 g/mol. The van der Waals surface area contributed by atoms with Crippen LogP contribution < -0.4 is 10.6 Å². The molecule has 0 rings (SSSR count). The average Bonchev–Trinajstić information content (AvgIpc) is 2.47. The minimum atomic E-state index is -1.35. The first kappa shape index (κ1) is 21.9. The lowest BCUT2D eigenvalue weighted by atomic mass is 10.3. The van der Waals surface area contributed by atoms with E-state index in [4.69, 9.17) is 10.2 Å². The standard InChI is InChI=1S/C12H16N2O8S2/c1-5(15)9(17)13-7(11(19)20)3-23-24-4-8(12(21)22)14-10(18)6(2)16/h7-8H,3-4H2,1-2H3,(H,13,17)(H,14,18)(H,19,20)(H,21,22). The van der Waals surface area contributed by atoms with Gasteiger partial charge in [-0.1, -0.05) is 21.6 Å². The van der Waals surface area contributed by atoms with Gasteiger partial charge in [0.25, 0.3) is 11.8 Å². The zero-order valence-corrected chi connectivity index (χ0v) is 14.4. The van der Waals surface area contributed by atoms with E-state index < -0.39 is 47.4 Å². The highest BCUT2D eigenvalue weighted by Crippen LogP contribution is 2.23. The number of Topliss-reactive ketones (excluding diaryl/α,β-unsaturated/α-hetero) is 2. The Bertz CT molecular complexity index is 503. The molecule has 0 aliphatic carbocycles. The Kier molecular flexibility index (Phi) is 9.73. The summed E-state index contributed by atoms with van der Waals surface area (Å²) in [6, 6.07) is -2.65. The van der Waals surface area contributed by atoms with Crippen molar-refractivity contribution in [2.45, 2.75) is 25.9 Å². The number of hydrogen-bond acceptors (Lipinski definition) is 8. The van der Waals surface area contributed by atoms with E-state index >= 15 is 0 Å². The molecule has 0 saturated heterocycles. The summed E-state index contributed by atoms with van der Waals surface area (Å²) in [6.45, 7) is 1.98. The van der Waals surface area contributed by atoms with E-state index in [2.05, 4.69) is 0 Å². The largest absolute Gasteiger partial charge is 0.480 e. The molecule has 2 unspecified atom stereocenters. The summed E-state index contributed by atoms with van der Waals surface area (Å²) in [5.74, 6) is -6.71. The van der Waals surface area contributed by atoms with Crippen LogP contribution in [-0.4, -0.2) is 69.1 Å². The molecule has 0 aliphatic heterocycles. The summed E-state index contributed by atoms with van der Waals surface area (Å²) in [6.07, 6.45) is 0. The fourth-order valence-electron chi connectivity index (χ4n) is 1.10. The molecule has 12 heteroatoms. The van der Waals surface area contributed by atoms with Crippen molar-refractivity contribution in [3.05, 3.63) is 0 Å². The maximum absolute atomic E-state index is 11.2. The molecule has 0 aromatic heterocycles. The third kappa shape index (κ3) is 8.53. The van der Waals surface area contributed by atoms with Gasteiger partial charge in [0, 0.05) is 25.4 Å². The lowest BCUT2D eigenvalue weighted by Crippen LogP contribution is -2.45. The van der Waals surface area contributed by atoms with Crippen LogP contribution in [0.1, 0.15) is 13.8 Å². The van der Waals surface area contributed by atoms with Crippen molar-refractivity contribution in [3.63, 3.8) is 0 Å². The molecule has 0 bridgehead atoms. The number of hydrogen-bond donors (Lipinski definition) is 4. The highest BCUT2D eigenvalue weighted by molar-refractivity contribution is 8.76. The van der Waals surface area contributed by atoms with E-state index in [0.29, 0.717) is 0 Å². The van der Waals surface area contributed by atoms with Crippen molar-refractivity contribution in [3.8, 4) is 0 Å². The van der Waals surface area contributed by atoms with Crippen molar-refractivity contribution >= 4 is 56.9 Å². The van der Waals surface area contributed by atoms with Crippen molar-refractivity contribution in [2.24, 2.45) is 0 Å². The Balaban J connectivity index is 4.43. The molecule has 0 radical (unpaired) electrons. The predicted molar refractivity (Wildman–Crippen MR) is 85.4 cm³/mol. The van der Waals surface area contributed by atoms with Gasteiger partial charge in [0.05, 0.1) is 0 Å². The number of amides is 2. The number of carbonyl (C=O) groups excluding carboxylic acids is 4. The molecule has 2 atom stereocenters. The minimum absolute atomic E-state index is 0.133. The van der Waals surface area contributed by atoms with Crippen LogP contribution in [0, 0.1) is 0 Å². The van der Waals surface area contributed by atoms with Gasteiger partial charge < -0.3 is 20.8 Å². The van der Waals surface area contributed by atoms with Crippen LogP contribution >= 0.6 is 21.6 Å². The number of carbonyl (C=O) groups is 6. The molecule has 0 heterocycles. The average molecular weight is 380 g/mol. The maximum atomic E-state index is 11.2. The van der Waals surface area contributed by atoms with Gasteiger partial charge in [-0.15, -0.1) is 0 Å². The molecule has 0 aliphatic rings. The van der Waals surface area contributed by atoms with Gasteiger partial charge in [0.1, 0.15) is 12.1 Å². The van der Waals surface area contributed by atoms with Crippen LogP contribution in [0.25, 0.3) is 0 Å². The van der Waals surface area contributed by atoms with Crippen LogP contribution in [0.5, 0.6) is 0 Å². The summed E-state index contributed by atoms with van der Waals surface area (Å²) in [4.78, 5) is 65.9. The summed E-state index contributed by atoms with van der Waals surface area (Å²) in [5.41, 5.74) is 0. The van der Waals surface area contributed by atoms with Gasteiger partial charge in [-0.25, -0.2) is 9.59 Å². The second kappa shape index (κ2) is 10.6. The highest BCUT2D eigenvalue weighted by atomic mass is 33.1. The highest BCUT2D eigenvalue weighted by Gasteiger charge is 2.24. The van der Waals surface area contributed by atoms with E-state index in [-0.39, 0.29) is 11.5 Å². The Hall–Kier alpha value is -2.08. The van der Waals surface area contributed by atoms with Gasteiger partial charge in [0.2, 0.25) is 11.6 Å². The zero-order valence-electron chi connectivity index (χ0n) is 12.7. The van der Waals surface area contributed by atoms with Crippen LogP contribution in [-0.2, 0) is 28.8 Å². The maximum Gasteiger partial charge on any atom is 0.327 e. The molecule has 134 valence electrons. The Morgan fingerprint density at radius 1 is 0.750 bits per heavy atom. The Morgan fingerprint density at radius 2 is 1.04 bits per heavy atom. The fourth-order valence-corrected chi connectivity index (χ4v) is 3.41. The van der Waals surface area contributed by atoms with Gasteiger partial charge >= 0.3 is 11.9 Å². The zero-order chi connectivity index (χ0) is 18.9. The SMILES string of the molecule is CC(=O)C(=O)NC(CSSCC(NC(=O)C(C)=O)C(=O)O)C(=O)O. The molecule has 10 nitrogen and oxygen atoms in total. The van der Waals surface area contributed by atoms with Crippen molar-refractivity contribution in [2.75, 3.05) is 11.5 Å². The van der Waals surface area contributed by atoms with E-state index in [0.717, 1.165) is 35.4 Å². The van der Waals surface area contributed by atoms with Crippen LogP contribution in [0.4, 0.5) is 0 Å². The first-order valence-corrected chi connectivity index (χ1v) is 8.88. The van der Waals surface area contributed by atoms with E-state index in [1.54, 1.807) is 0 Å². The molecule has 0 saturated carbocycles. The number of carboxylic acid groups (broad SMARTS) is 2. The molecule has 0 fully saturated rings. The summed E-state index contributed by atoms with van der Waals surface area (Å²) >= 11 is 0. The van der Waals surface area contributed by atoms with E-state index in [1.165, 1.54) is 0 Å². The second-order valence-corrected chi connectivity index (χ2v) is 6.96. The number of carboxylic acids is 2. The van der Waals surface area contributed by atoms with Crippen molar-refractivity contribution in [1.29, 1.82) is 0 Å². The lowest BCUT2D eigenvalue weighted by molar-refractivity contribution is -0.143. The van der Waals surface area contributed by atoms with Gasteiger partial charge in [-0.2, -0.15) is 0 Å². The van der Waals surface area contributed by atoms with Crippen LogP contribution in [0.15, 0.2) is 0 Å². The lowest BCUT2D eigenvalue weighted by Gasteiger charge is -2.15. The van der Waals surface area contributed by atoms with Crippen LogP contribution in [0.2, 0.25) is 0 Å². The topological polar surface area (TPSA) is 167 Å². The van der Waals surface area contributed by atoms with Crippen LogP contribution in [0.3, 0.4) is 0 Å². The molecule has 0 aromatic carbocycles. The first-order chi connectivity index (χ1) is 11.1. The molecule has 24 heavy (non-hydrogen) atoms. The van der Waals surface area contributed by atoms with Crippen molar-refractivity contribution < 1.29 is 39.0 Å². The Morgan fingerprint density at radius 3 is 1.25 bits per heavy atom. The third-order valence-corrected chi connectivity index (χ3v) is 4.82. The summed E-state index contributed by atoms with van der Waals surface area (Å²) < 4.78 is 0. The fraction of sp³-hybridized carbons (Fsp3) is 0.500. The molecule has 2 amide bonds. The second-order valence-electron chi connectivity index (χ2n) is 4.41. The summed E-state index contributed by atoms with van der Waals surface area (Å²) in [5, 5.41) is 21.9. The number of aliphatic carboxylic acids is 2. The predicted octanol–water partition coefficient (Wildman–Crippen LogP) is -1.32. The molecule has 4 N–H and O–H groups in total. The van der Waals surface area contributed by atoms with Crippen molar-refractivity contribution in [1.82, 2.24) is 10.6 Å². The molecular weight excluding hydrogens is 364 g/mol. The number of rotatable bonds is 11. The van der Waals surface area contributed by atoms with Gasteiger partial charge in [-0.05, 0) is 0 Å². The minimum Gasteiger partial charge on any atom is -0.480 e. The van der Waals surface area contributed by atoms with Gasteiger partial charge in [-0.3, -0.25) is 19.2 Å². The smallest absolute Gasteiger partial charge is 0.327 e. The number of ketones is 2. The molecule has 0 aromatic rings. The third-order valence-electron chi connectivity index (χ3n) is 2.40. The van der Waals surface area contributed by atoms with Gasteiger partial charge in [0.15, 0.2) is 0 Å².